The van der Waals surface area contributed by atoms with Crippen molar-refractivity contribution in [1.82, 2.24) is 5.43 Å². The number of benzene rings is 4. The van der Waals surface area contributed by atoms with Crippen LogP contribution in [-0.2, 0) is 15.0 Å². The molecule has 8 rings (SSSR count). The fraction of sp³-hybridized carbons (Fsp3) is 0.152. The molecule has 0 aromatic heterocycles. The lowest BCUT2D eigenvalue weighted by Crippen LogP contribution is -2.54. The summed E-state index contributed by atoms with van der Waals surface area (Å²) < 4.78 is 0. The van der Waals surface area contributed by atoms with Gasteiger partial charge in [-0.15, -0.1) is 0 Å². The number of rotatable bonds is 5. The van der Waals surface area contributed by atoms with Gasteiger partial charge < -0.3 is 5.73 Å². The van der Waals surface area contributed by atoms with Crippen LogP contribution in [-0.4, -0.2) is 28.9 Å². The second-order valence-electron chi connectivity index (χ2n) is 11.1. The van der Waals surface area contributed by atoms with E-state index in [1.54, 1.807) is 37.3 Å². The van der Waals surface area contributed by atoms with E-state index >= 15 is 0 Å². The number of anilines is 2. The largest absolute Gasteiger partial charge is 0.398 e. The van der Waals surface area contributed by atoms with Crippen molar-refractivity contribution in [1.29, 1.82) is 0 Å². The molecule has 4 aromatic rings. The second kappa shape index (κ2) is 9.45. The van der Waals surface area contributed by atoms with E-state index in [1.165, 1.54) is 18.3 Å². The summed E-state index contributed by atoms with van der Waals surface area (Å²) in [6.45, 7) is 1.71. The number of carbonyl (C=O) groups is 3. The number of carbonyl (C=O) groups excluding carboxylic acids is 3. The van der Waals surface area contributed by atoms with Crippen LogP contribution >= 0.6 is 0 Å². The summed E-state index contributed by atoms with van der Waals surface area (Å²) in [6.07, 6.45) is 1.53. The predicted molar refractivity (Wildman–Crippen MR) is 160 cm³/mol. The van der Waals surface area contributed by atoms with E-state index < -0.39 is 45.8 Å². The highest BCUT2D eigenvalue weighted by Crippen LogP contribution is 2.64. The minimum atomic E-state index is -1.25. The molecule has 2 bridgehead atoms. The molecule has 0 radical (unpaired) electrons. The van der Waals surface area contributed by atoms with Gasteiger partial charge in [-0.25, -0.2) is 10.3 Å². The Labute approximate surface area is 246 Å². The van der Waals surface area contributed by atoms with Crippen LogP contribution in [0.25, 0.3) is 0 Å². The molecule has 2 atom stereocenters. The average Bonchev–Trinajstić information content (AvgIpc) is 3.28. The molecule has 212 valence electrons. The van der Waals surface area contributed by atoms with Crippen molar-refractivity contribution >= 4 is 41.0 Å². The third-order valence-corrected chi connectivity index (χ3v) is 8.89. The lowest BCUT2D eigenvalue weighted by Gasteiger charge is -2.52. The maximum Gasteiger partial charge on any atom is 0.293 e. The van der Waals surface area contributed by atoms with Gasteiger partial charge >= 0.3 is 0 Å². The molecule has 4 aromatic carbocycles. The number of para-hydroxylation sites is 1. The van der Waals surface area contributed by atoms with Crippen molar-refractivity contribution in [3.05, 3.63) is 134 Å². The summed E-state index contributed by atoms with van der Waals surface area (Å²) in [7, 11) is 0. The molecular formula is C33H25N5O5. The Morgan fingerprint density at radius 1 is 0.953 bits per heavy atom. The van der Waals surface area contributed by atoms with E-state index in [-0.39, 0.29) is 22.6 Å². The highest BCUT2D eigenvalue weighted by Gasteiger charge is 2.68. The van der Waals surface area contributed by atoms with Crippen LogP contribution in [0, 0.1) is 28.9 Å². The van der Waals surface area contributed by atoms with Gasteiger partial charge in [0.25, 0.3) is 11.6 Å². The fourth-order valence-corrected chi connectivity index (χ4v) is 7.21. The Hall–Kier alpha value is -5.64. The number of hydrazone groups is 1. The van der Waals surface area contributed by atoms with Crippen molar-refractivity contribution in [3.63, 3.8) is 0 Å². The Morgan fingerprint density at radius 2 is 1.58 bits per heavy atom. The van der Waals surface area contributed by atoms with Gasteiger partial charge in [0.2, 0.25) is 11.8 Å². The molecule has 43 heavy (non-hydrogen) atoms. The lowest BCUT2D eigenvalue weighted by atomic mass is 9.47. The summed E-state index contributed by atoms with van der Waals surface area (Å²) in [6, 6.07) is 26.2. The summed E-state index contributed by atoms with van der Waals surface area (Å²) >= 11 is 0. The highest BCUT2D eigenvalue weighted by atomic mass is 16.6. The Morgan fingerprint density at radius 3 is 2.23 bits per heavy atom. The van der Waals surface area contributed by atoms with Crippen molar-refractivity contribution in [2.75, 3.05) is 10.6 Å². The SMILES string of the molecule is Cc1ccc(N2C(=O)[C@H]3C4c5ccccc5C(/C=N\NC(=O)c5ccccc5N)(c5ccccc54)[C@H]3C2=O)c([N+](=O)[O-])c1. The smallest absolute Gasteiger partial charge is 0.293 e. The predicted octanol–water partition coefficient (Wildman–Crippen LogP) is 4.45. The Kier molecular flexibility index (Phi) is 5.77. The number of nitro groups is 1. The van der Waals surface area contributed by atoms with Gasteiger partial charge in [0, 0.05) is 23.9 Å². The number of nitrogen functional groups attached to an aromatic ring is 1. The Balaban J connectivity index is 1.42. The highest BCUT2D eigenvalue weighted by molar-refractivity contribution is 6.25. The lowest BCUT2D eigenvalue weighted by molar-refractivity contribution is -0.384. The van der Waals surface area contributed by atoms with Crippen LogP contribution in [0.15, 0.2) is 96.1 Å². The zero-order chi connectivity index (χ0) is 30.0. The first-order valence-electron chi connectivity index (χ1n) is 13.8. The maximum atomic E-state index is 14.5. The van der Waals surface area contributed by atoms with E-state index in [9.17, 15) is 24.5 Å². The van der Waals surface area contributed by atoms with E-state index in [2.05, 4.69) is 10.5 Å². The van der Waals surface area contributed by atoms with Crippen molar-refractivity contribution < 1.29 is 19.3 Å². The molecule has 3 N–H and O–H groups in total. The van der Waals surface area contributed by atoms with E-state index in [4.69, 9.17) is 5.73 Å². The van der Waals surface area contributed by atoms with E-state index in [0.29, 0.717) is 5.56 Å². The number of hydrogen-bond acceptors (Lipinski definition) is 7. The minimum Gasteiger partial charge on any atom is -0.398 e. The molecule has 10 nitrogen and oxygen atoms in total. The molecule has 1 fully saturated rings. The number of nitrogens with one attached hydrogen (secondary N) is 1. The van der Waals surface area contributed by atoms with Crippen LogP contribution in [0.2, 0.25) is 0 Å². The van der Waals surface area contributed by atoms with Crippen LogP contribution in [0.5, 0.6) is 0 Å². The number of amides is 3. The first-order valence-corrected chi connectivity index (χ1v) is 13.8. The van der Waals surface area contributed by atoms with Gasteiger partial charge in [-0.05, 0) is 52.9 Å². The Bertz CT molecular complexity index is 1870. The molecule has 3 amide bonds. The quantitative estimate of drug-likeness (QED) is 0.119. The fourth-order valence-electron chi connectivity index (χ4n) is 7.21. The molecule has 1 heterocycles. The molecule has 0 spiro atoms. The maximum absolute atomic E-state index is 14.5. The first kappa shape index (κ1) is 26.3. The van der Waals surface area contributed by atoms with Crippen molar-refractivity contribution in [2.24, 2.45) is 16.9 Å². The normalized spacial score (nSPS) is 23.2. The van der Waals surface area contributed by atoms with Gasteiger partial charge in [0.05, 0.1) is 27.7 Å². The summed E-state index contributed by atoms with van der Waals surface area (Å²) in [5.41, 5.74) is 11.4. The molecular weight excluding hydrogens is 546 g/mol. The van der Waals surface area contributed by atoms with Crippen molar-refractivity contribution in [2.45, 2.75) is 18.3 Å². The van der Waals surface area contributed by atoms with Gasteiger partial charge in [-0.3, -0.25) is 24.5 Å². The molecule has 1 aliphatic heterocycles. The monoisotopic (exact) mass is 571 g/mol. The van der Waals surface area contributed by atoms with E-state index in [1.807, 2.05) is 48.5 Å². The van der Waals surface area contributed by atoms with Crippen molar-refractivity contribution in [3.8, 4) is 0 Å². The van der Waals surface area contributed by atoms with Crippen LogP contribution in [0.3, 0.4) is 0 Å². The second-order valence-corrected chi connectivity index (χ2v) is 11.1. The number of nitro benzene ring substituents is 1. The average molecular weight is 572 g/mol. The molecule has 0 unspecified atom stereocenters. The summed E-state index contributed by atoms with van der Waals surface area (Å²) in [4.78, 5) is 54.3. The third kappa shape index (κ3) is 3.59. The number of aryl methyl sites for hydroxylation is 1. The first-order chi connectivity index (χ1) is 20.8. The van der Waals surface area contributed by atoms with Gasteiger partial charge in [-0.1, -0.05) is 66.7 Å². The third-order valence-electron chi connectivity index (χ3n) is 8.89. The van der Waals surface area contributed by atoms with Crippen LogP contribution in [0.4, 0.5) is 17.1 Å². The summed E-state index contributed by atoms with van der Waals surface area (Å²) in [5.74, 6) is -3.84. The van der Waals surface area contributed by atoms with E-state index in [0.717, 1.165) is 27.2 Å². The summed E-state index contributed by atoms with van der Waals surface area (Å²) in [5, 5.41) is 16.4. The van der Waals surface area contributed by atoms with Gasteiger partial charge in [0.15, 0.2) is 0 Å². The number of nitrogens with zero attached hydrogens (tertiary/aromatic N) is 3. The molecule has 4 aliphatic rings. The molecule has 0 saturated carbocycles. The van der Waals surface area contributed by atoms with Gasteiger partial charge in [-0.2, -0.15) is 5.10 Å². The molecule has 10 heteroatoms. The standard InChI is InChI=1S/C33H25N5O5/c1-18-14-15-25(26(16-18)38(42)43)37-31(40)28-27-19-8-2-5-11-22(19)33(29(28)32(37)41,23-12-6-3-9-20(23)27)17-35-36-30(39)21-10-4-7-13-24(21)34/h2-17,27-29H,34H2,1H3,(H,36,39)/b35-17-/t27?,28-,29+,33?/m0/s1. The molecule has 1 saturated heterocycles. The molecule has 3 aliphatic carbocycles. The zero-order valence-electron chi connectivity index (χ0n) is 22.9. The number of hydrogen-bond donors (Lipinski definition) is 2. The number of imide groups is 1. The number of nitrogens with two attached hydrogens (primary N) is 1. The topological polar surface area (TPSA) is 148 Å². The van der Waals surface area contributed by atoms with Crippen LogP contribution in [0.1, 0.15) is 44.1 Å². The zero-order valence-corrected chi connectivity index (χ0v) is 22.9. The van der Waals surface area contributed by atoms with Crippen LogP contribution < -0.4 is 16.1 Å². The minimum absolute atomic E-state index is 0.0625. The van der Waals surface area contributed by atoms with Gasteiger partial charge in [0.1, 0.15) is 5.69 Å².